The van der Waals surface area contributed by atoms with Crippen molar-refractivity contribution in [3.63, 3.8) is 0 Å². The summed E-state index contributed by atoms with van der Waals surface area (Å²) < 4.78 is 5.35. The van der Waals surface area contributed by atoms with Crippen LogP contribution in [0.1, 0.15) is 21.5 Å². The van der Waals surface area contributed by atoms with E-state index >= 15 is 0 Å². The quantitative estimate of drug-likeness (QED) is 0.387. The lowest BCUT2D eigenvalue weighted by Crippen LogP contribution is -2.65. The normalized spacial score (nSPS) is 16.0. The number of rotatable bonds is 7. The van der Waals surface area contributed by atoms with Crippen LogP contribution >= 0.6 is 0 Å². The van der Waals surface area contributed by atoms with E-state index in [9.17, 15) is 4.79 Å². The van der Waals surface area contributed by atoms with Crippen molar-refractivity contribution in [2.75, 3.05) is 36.9 Å². The van der Waals surface area contributed by atoms with E-state index in [0.29, 0.717) is 22.6 Å². The minimum absolute atomic E-state index is 0.148. The molecule has 4 aromatic rings. The predicted molar refractivity (Wildman–Crippen MR) is 143 cm³/mol. The molecule has 2 saturated heterocycles. The van der Waals surface area contributed by atoms with Gasteiger partial charge < -0.3 is 15.4 Å². The van der Waals surface area contributed by atoms with Crippen LogP contribution in [0.5, 0.6) is 0 Å². The molecule has 0 radical (unpaired) electrons. The standard InChI is InChI=1S/C29H28N6O2/c1-20-4-9-24(13-26(20)34-28-31-12-10-25(33-28)23-3-2-11-30-14-23)32-27(36)22-7-5-21(6-8-22)15-35-16-29(17-35)18-37-19-29/h2-14H,15-19H2,1H3,(H,32,36)(H,31,33,34). The van der Waals surface area contributed by atoms with E-state index in [1.807, 2.05) is 67.6 Å². The van der Waals surface area contributed by atoms with Crippen molar-refractivity contribution in [2.24, 2.45) is 5.41 Å². The second kappa shape index (κ2) is 9.72. The van der Waals surface area contributed by atoms with Crippen molar-refractivity contribution in [1.29, 1.82) is 0 Å². The molecule has 2 aliphatic heterocycles. The largest absolute Gasteiger partial charge is 0.380 e. The van der Waals surface area contributed by atoms with Gasteiger partial charge in [0.15, 0.2) is 0 Å². The Labute approximate surface area is 215 Å². The van der Waals surface area contributed by atoms with Gasteiger partial charge in [-0.05, 0) is 60.5 Å². The Hall–Kier alpha value is -4.14. The Balaban J connectivity index is 1.10. The number of ether oxygens (including phenoxy) is 1. The molecule has 1 amide bonds. The smallest absolute Gasteiger partial charge is 0.255 e. The molecule has 0 aliphatic carbocycles. The third-order valence-electron chi connectivity index (χ3n) is 6.91. The van der Waals surface area contributed by atoms with Crippen LogP contribution in [-0.4, -0.2) is 52.1 Å². The molecule has 2 N–H and O–H groups in total. The van der Waals surface area contributed by atoms with Crippen molar-refractivity contribution in [1.82, 2.24) is 19.9 Å². The lowest BCUT2D eigenvalue weighted by molar-refractivity contribution is -0.191. The zero-order valence-electron chi connectivity index (χ0n) is 20.6. The molecule has 8 heteroatoms. The summed E-state index contributed by atoms with van der Waals surface area (Å²) in [6.07, 6.45) is 5.21. The zero-order valence-corrected chi connectivity index (χ0v) is 20.6. The average Bonchev–Trinajstić information content (AvgIpc) is 2.88. The zero-order chi connectivity index (χ0) is 25.2. The van der Waals surface area contributed by atoms with Gasteiger partial charge in [-0.15, -0.1) is 0 Å². The van der Waals surface area contributed by atoms with Crippen LogP contribution in [0.25, 0.3) is 11.3 Å². The first kappa shape index (κ1) is 23.3. The summed E-state index contributed by atoms with van der Waals surface area (Å²) in [6, 6.07) is 19.3. The van der Waals surface area contributed by atoms with E-state index < -0.39 is 0 Å². The van der Waals surface area contributed by atoms with Crippen LogP contribution in [0.4, 0.5) is 17.3 Å². The van der Waals surface area contributed by atoms with Crippen LogP contribution in [0.2, 0.25) is 0 Å². The van der Waals surface area contributed by atoms with Gasteiger partial charge in [0.2, 0.25) is 5.95 Å². The number of aryl methyl sites for hydroxylation is 1. The van der Waals surface area contributed by atoms with Gasteiger partial charge in [-0.2, -0.15) is 0 Å². The van der Waals surface area contributed by atoms with Gasteiger partial charge >= 0.3 is 0 Å². The molecule has 6 rings (SSSR count). The van der Waals surface area contributed by atoms with Gasteiger partial charge in [-0.3, -0.25) is 14.7 Å². The molecule has 37 heavy (non-hydrogen) atoms. The summed E-state index contributed by atoms with van der Waals surface area (Å²) in [5.74, 6) is 0.326. The number of benzene rings is 2. The number of carbonyl (C=O) groups is 1. The highest BCUT2D eigenvalue weighted by Gasteiger charge is 2.48. The molecule has 0 bridgehead atoms. The summed E-state index contributed by atoms with van der Waals surface area (Å²) in [5, 5.41) is 6.29. The number of carbonyl (C=O) groups excluding carboxylic acids is 1. The van der Waals surface area contributed by atoms with Gasteiger partial charge in [0.05, 0.1) is 18.9 Å². The molecule has 186 valence electrons. The lowest BCUT2D eigenvalue weighted by Gasteiger charge is -2.55. The molecule has 2 aromatic carbocycles. The first-order valence-electron chi connectivity index (χ1n) is 12.4. The summed E-state index contributed by atoms with van der Waals surface area (Å²) in [7, 11) is 0. The number of nitrogens with zero attached hydrogens (tertiary/aromatic N) is 4. The second-order valence-electron chi connectivity index (χ2n) is 9.95. The van der Waals surface area contributed by atoms with Crippen LogP contribution < -0.4 is 10.6 Å². The maximum absolute atomic E-state index is 12.9. The Bertz CT molecular complexity index is 1410. The fraction of sp³-hybridized carbons (Fsp3) is 0.241. The van der Waals surface area contributed by atoms with E-state index in [2.05, 4.69) is 30.5 Å². The Morgan fingerprint density at radius 3 is 2.62 bits per heavy atom. The Kier molecular flexibility index (Phi) is 6.12. The van der Waals surface area contributed by atoms with Crippen LogP contribution in [0, 0.1) is 12.3 Å². The molecule has 1 spiro atoms. The van der Waals surface area contributed by atoms with Gasteiger partial charge in [0.1, 0.15) is 0 Å². The topological polar surface area (TPSA) is 92.3 Å². The Morgan fingerprint density at radius 2 is 1.89 bits per heavy atom. The molecule has 0 unspecified atom stereocenters. The molecule has 0 atom stereocenters. The summed E-state index contributed by atoms with van der Waals surface area (Å²) in [4.78, 5) is 28.5. The van der Waals surface area contributed by atoms with E-state index in [-0.39, 0.29) is 5.91 Å². The maximum Gasteiger partial charge on any atom is 0.255 e. The predicted octanol–water partition coefficient (Wildman–Crippen LogP) is 4.68. The SMILES string of the molecule is Cc1ccc(NC(=O)c2ccc(CN3CC4(COC4)C3)cc2)cc1Nc1nccc(-c2cccnc2)n1. The molecule has 0 saturated carbocycles. The van der Waals surface area contributed by atoms with Crippen molar-refractivity contribution in [2.45, 2.75) is 13.5 Å². The number of anilines is 3. The molecule has 2 fully saturated rings. The van der Waals surface area contributed by atoms with E-state index in [1.165, 1.54) is 5.56 Å². The van der Waals surface area contributed by atoms with Crippen molar-refractivity contribution in [3.8, 4) is 11.3 Å². The van der Waals surface area contributed by atoms with E-state index in [0.717, 1.165) is 55.4 Å². The molecule has 4 heterocycles. The van der Waals surface area contributed by atoms with E-state index in [1.54, 1.807) is 18.6 Å². The maximum atomic E-state index is 12.9. The lowest BCUT2D eigenvalue weighted by atomic mass is 9.78. The first-order valence-corrected chi connectivity index (χ1v) is 12.4. The van der Waals surface area contributed by atoms with Crippen LogP contribution in [0.3, 0.4) is 0 Å². The molecule has 8 nitrogen and oxygen atoms in total. The fourth-order valence-electron chi connectivity index (χ4n) is 4.86. The third kappa shape index (κ3) is 5.07. The molecular weight excluding hydrogens is 464 g/mol. The van der Waals surface area contributed by atoms with Gasteiger partial charge in [0, 0.05) is 66.1 Å². The van der Waals surface area contributed by atoms with Gasteiger partial charge in [-0.1, -0.05) is 18.2 Å². The van der Waals surface area contributed by atoms with Crippen molar-refractivity contribution >= 4 is 23.2 Å². The number of nitrogens with one attached hydrogen (secondary N) is 2. The van der Waals surface area contributed by atoms with Gasteiger partial charge in [-0.25, -0.2) is 9.97 Å². The highest BCUT2D eigenvalue weighted by Crippen LogP contribution is 2.38. The number of hydrogen-bond donors (Lipinski definition) is 2. The monoisotopic (exact) mass is 492 g/mol. The number of pyridine rings is 1. The number of hydrogen-bond acceptors (Lipinski definition) is 7. The Morgan fingerprint density at radius 1 is 1.05 bits per heavy atom. The summed E-state index contributed by atoms with van der Waals surface area (Å²) in [6.45, 7) is 6.87. The number of amides is 1. The summed E-state index contributed by atoms with van der Waals surface area (Å²) in [5.41, 5.74) is 6.47. The third-order valence-corrected chi connectivity index (χ3v) is 6.91. The minimum Gasteiger partial charge on any atom is -0.380 e. The molecule has 2 aliphatic rings. The fourth-order valence-corrected chi connectivity index (χ4v) is 4.86. The van der Waals surface area contributed by atoms with Crippen molar-refractivity contribution < 1.29 is 9.53 Å². The van der Waals surface area contributed by atoms with Crippen LogP contribution in [0.15, 0.2) is 79.3 Å². The van der Waals surface area contributed by atoms with Crippen molar-refractivity contribution in [3.05, 3.63) is 95.9 Å². The summed E-state index contributed by atoms with van der Waals surface area (Å²) >= 11 is 0. The first-order chi connectivity index (χ1) is 18.1. The van der Waals surface area contributed by atoms with E-state index in [4.69, 9.17) is 4.74 Å². The molecular formula is C29H28N6O2. The average molecular weight is 493 g/mol. The minimum atomic E-state index is -0.148. The van der Waals surface area contributed by atoms with Crippen LogP contribution in [-0.2, 0) is 11.3 Å². The highest BCUT2D eigenvalue weighted by atomic mass is 16.5. The highest BCUT2D eigenvalue weighted by molar-refractivity contribution is 6.04. The molecule has 2 aromatic heterocycles. The number of aromatic nitrogens is 3. The number of likely N-dealkylation sites (tertiary alicyclic amines) is 1. The van der Waals surface area contributed by atoms with Gasteiger partial charge in [0.25, 0.3) is 5.91 Å². The second-order valence-corrected chi connectivity index (χ2v) is 9.95.